The second-order valence-electron chi connectivity index (χ2n) is 2.85. The molecule has 0 nitrogen and oxygen atoms in total. The molecule has 0 unspecified atom stereocenters. The van der Waals surface area contributed by atoms with Crippen LogP contribution in [0.1, 0.15) is 31.9 Å². The minimum absolute atomic E-state index is 1.37. The lowest BCUT2D eigenvalue weighted by Crippen LogP contribution is -1.74. The molecule has 0 radical (unpaired) electrons. The van der Waals surface area contributed by atoms with E-state index < -0.39 is 0 Å². The summed E-state index contributed by atoms with van der Waals surface area (Å²) in [5, 5.41) is 0. The molecule has 15 heavy (non-hydrogen) atoms. The molecular formula is C15H24. The van der Waals surface area contributed by atoms with Crippen molar-refractivity contribution in [2.45, 2.75) is 34.6 Å². The Morgan fingerprint density at radius 1 is 1.00 bits per heavy atom. The topological polar surface area (TPSA) is 0 Å². The third-order valence-corrected chi connectivity index (χ3v) is 1.75. The molecule has 84 valence electrons. The lowest BCUT2D eigenvalue weighted by atomic mass is 10.1. The van der Waals surface area contributed by atoms with Crippen LogP contribution in [0.3, 0.4) is 0 Å². The summed E-state index contributed by atoms with van der Waals surface area (Å²) in [7, 11) is 0. The largest absolute Gasteiger partial charge is 0.0991 e. The van der Waals surface area contributed by atoms with E-state index in [-0.39, 0.29) is 0 Å². The highest BCUT2D eigenvalue weighted by Gasteiger charge is 1.83. The maximum Gasteiger partial charge on any atom is -0.0395 e. The van der Waals surface area contributed by atoms with Crippen molar-refractivity contribution >= 4 is 0 Å². The highest BCUT2D eigenvalue weighted by Crippen LogP contribution is 2.02. The van der Waals surface area contributed by atoms with Gasteiger partial charge in [-0.05, 0) is 31.9 Å². The zero-order valence-corrected chi connectivity index (χ0v) is 10.7. The van der Waals surface area contributed by atoms with Crippen molar-refractivity contribution in [1.29, 1.82) is 0 Å². The van der Waals surface area contributed by atoms with E-state index in [1.165, 1.54) is 11.1 Å². The van der Waals surface area contributed by atoms with Crippen LogP contribution >= 0.6 is 0 Å². The molecule has 0 saturated heterocycles. The summed E-state index contributed by atoms with van der Waals surface area (Å²) in [4.78, 5) is 0. The minimum atomic E-state index is 1.37. The van der Waals surface area contributed by atoms with Crippen LogP contribution in [0.2, 0.25) is 0 Å². The highest BCUT2D eigenvalue weighted by molar-refractivity contribution is 5.23. The molecule has 0 heteroatoms. The fraction of sp³-hybridized carbons (Fsp3) is 0.333. The van der Waals surface area contributed by atoms with E-state index in [0.717, 1.165) is 0 Å². The van der Waals surface area contributed by atoms with Gasteiger partial charge in [-0.3, -0.25) is 0 Å². The molecule has 0 saturated carbocycles. The van der Waals surface area contributed by atoms with Crippen LogP contribution in [0.25, 0.3) is 0 Å². The maximum absolute atomic E-state index is 3.46. The molecule has 0 atom stereocenters. The Kier molecular flexibility index (Phi) is 13.7. The lowest BCUT2D eigenvalue weighted by Gasteiger charge is -1.93. The van der Waals surface area contributed by atoms with Crippen LogP contribution in [0.4, 0.5) is 0 Å². The predicted molar refractivity (Wildman–Crippen MR) is 72.3 cm³/mol. The molecule has 0 aliphatic carbocycles. The number of hydrogen-bond acceptors (Lipinski definition) is 0. The highest BCUT2D eigenvalue weighted by atomic mass is 13.9. The summed E-state index contributed by atoms with van der Waals surface area (Å²) in [5.41, 5.74) is 2.74. The maximum atomic E-state index is 3.46. The Morgan fingerprint density at radius 2 is 1.40 bits per heavy atom. The Bertz CT molecular complexity index is 248. The first-order valence-electron chi connectivity index (χ1n) is 5.48. The molecule has 0 spiro atoms. The standard InChI is InChI=1S/C8H10.C5H8.C2H6/c1-7-5-3-4-6-8(7)2;1-3-5-4-2;1-2/h3-6H,1-2H3;3-5H,1H2,2H3;1-2H3/b;5-4-;. The third-order valence-electron chi connectivity index (χ3n) is 1.75. The van der Waals surface area contributed by atoms with Gasteiger partial charge < -0.3 is 0 Å². The van der Waals surface area contributed by atoms with E-state index in [1.54, 1.807) is 6.08 Å². The van der Waals surface area contributed by atoms with Crippen LogP contribution in [0.5, 0.6) is 0 Å². The monoisotopic (exact) mass is 204 g/mol. The van der Waals surface area contributed by atoms with Crippen LogP contribution in [-0.2, 0) is 0 Å². The SMILES string of the molecule is C=C/C=C\C.CC.Cc1ccccc1C. The van der Waals surface area contributed by atoms with Crippen molar-refractivity contribution in [3.8, 4) is 0 Å². The summed E-state index contributed by atoms with van der Waals surface area (Å²) in [6, 6.07) is 8.36. The van der Waals surface area contributed by atoms with Crippen molar-refractivity contribution in [3.05, 3.63) is 60.2 Å². The van der Waals surface area contributed by atoms with Gasteiger partial charge in [0.2, 0.25) is 0 Å². The summed E-state index contributed by atoms with van der Waals surface area (Å²) in [6.45, 7) is 13.7. The van der Waals surface area contributed by atoms with E-state index in [1.807, 2.05) is 32.9 Å². The summed E-state index contributed by atoms with van der Waals surface area (Å²) in [6.07, 6.45) is 5.58. The summed E-state index contributed by atoms with van der Waals surface area (Å²) in [5.74, 6) is 0. The molecule has 0 heterocycles. The molecule has 0 aliphatic rings. The zero-order valence-electron chi connectivity index (χ0n) is 10.7. The van der Waals surface area contributed by atoms with Crippen LogP contribution in [-0.4, -0.2) is 0 Å². The van der Waals surface area contributed by atoms with Crippen LogP contribution < -0.4 is 0 Å². The second-order valence-corrected chi connectivity index (χ2v) is 2.85. The summed E-state index contributed by atoms with van der Waals surface area (Å²) >= 11 is 0. The minimum Gasteiger partial charge on any atom is -0.0991 e. The molecule has 1 aromatic carbocycles. The Balaban J connectivity index is 0. The van der Waals surface area contributed by atoms with E-state index in [0.29, 0.717) is 0 Å². The molecule has 0 N–H and O–H groups in total. The van der Waals surface area contributed by atoms with Crippen molar-refractivity contribution < 1.29 is 0 Å². The fourth-order valence-electron chi connectivity index (χ4n) is 0.799. The number of aryl methyl sites for hydroxylation is 2. The molecule has 0 aromatic heterocycles. The van der Waals surface area contributed by atoms with Gasteiger partial charge in [-0.2, -0.15) is 0 Å². The normalized spacial score (nSPS) is 8.33. The molecular weight excluding hydrogens is 180 g/mol. The average molecular weight is 204 g/mol. The van der Waals surface area contributed by atoms with Gasteiger partial charge in [0.1, 0.15) is 0 Å². The van der Waals surface area contributed by atoms with Gasteiger partial charge in [-0.1, -0.05) is 62.9 Å². The number of allylic oxidation sites excluding steroid dienone is 3. The first-order valence-corrected chi connectivity index (χ1v) is 5.48. The smallest absolute Gasteiger partial charge is 0.0395 e. The Labute approximate surface area is 95.3 Å². The van der Waals surface area contributed by atoms with E-state index >= 15 is 0 Å². The van der Waals surface area contributed by atoms with E-state index in [9.17, 15) is 0 Å². The predicted octanol–water partition coefficient (Wildman–Crippen LogP) is 5.08. The zero-order chi connectivity index (χ0) is 12.1. The van der Waals surface area contributed by atoms with Gasteiger partial charge in [0.25, 0.3) is 0 Å². The molecule has 0 bridgehead atoms. The lowest BCUT2D eigenvalue weighted by molar-refractivity contribution is 1.34. The van der Waals surface area contributed by atoms with Gasteiger partial charge in [-0.25, -0.2) is 0 Å². The number of hydrogen-bond donors (Lipinski definition) is 0. The van der Waals surface area contributed by atoms with Gasteiger partial charge in [0, 0.05) is 0 Å². The summed E-state index contributed by atoms with van der Waals surface area (Å²) < 4.78 is 0. The number of benzene rings is 1. The van der Waals surface area contributed by atoms with Crippen LogP contribution in [0.15, 0.2) is 49.1 Å². The van der Waals surface area contributed by atoms with Crippen molar-refractivity contribution in [2.24, 2.45) is 0 Å². The van der Waals surface area contributed by atoms with Gasteiger partial charge >= 0.3 is 0 Å². The first kappa shape index (κ1) is 16.1. The van der Waals surface area contributed by atoms with Gasteiger partial charge in [-0.15, -0.1) is 0 Å². The van der Waals surface area contributed by atoms with Crippen molar-refractivity contribution in [3.63, 3.8) is 0 Å². The second kappa shape index (κ2) is 12.7. The molecule has 0 aliphatic heterocycles. The van der Waals surface area contributed by atoms with Gasteiger partial charge in [0.15, 0.2) is 0 Å². The van der Waals surface area contributed by atoms with Crippen molar-refractivity contribution in [2.75, 3.05) is 0 Å². The quantitative estimate of drug-likeness (QED) is 0.560. The van der Waals surface area contributed by atoms with Crippen LogP contribution in [0, 0.1) is 13.8 Å². The molecule has 1 rings (SSSR count). The van der Waals surface area contributed by atoms with Crippen molar-refractivity contribution in [1.82, 2.24) is 0 Å². The average Bonchev–Trinajstić information content (AvgIpc) is 2.27. The Morgan fingerprint density at radius 3 is 1.53 bits per heavy atom. The molecule has 0 fully saturated rings. The molecule has 1 aromatic rings. The first-order chi connectivity index (χ1) is 7.22. The van der Waals surface area contributed by atoms with Gasteiger partial charge in [0.05, 0.1) is 0 Å². The van der Waals surface area contributed by atoms with E-state index in [4.69, 9.17) is 0 Å². The molecule has 0 amide bonds. The fourth-order valence-corrected chi connectivity index (χ4v) is 0.799. The number of rotatable bonds is 1. The van der Waals surface area contributed by atoms with E-state index in [2.05, 4.69) is 44.7 Å². The Hall–Kier alpha value is -1.30. The third kappa shape index (κ3) is 10.6.